The second-order valence-corrected chi connectivity index (χ2v) is 5.48. The van der Waals surface area contributed by atoms with Gasteiger partial charge in [0.05, 0.1) is 0 Å². The van der Waals surface area contributed by atoms with Crippen molar-refractivity contribution in [3.8, 4) is 5.75 Å². The molecule has 3 rings (SSSR count). The van der Waals surface area contributed by atoms with Crippen molar-refractivity contribution in [3.05, 3.63) is 64.9 Å². The molecule has 1 aliphatic heterocycles. The van der Waals surface area contributed by atoms with Crippen molar-refractivity contribution in [3.63, 3.8) is 0 Å². The van der Waals surface area contributed by atoms with Gasteiger partial charge in [-0.2, -0.15) is 5.43 Å². The number of rotatable bonds is 5. The highest BCUT2D eigenvalue weighted by Crippen LogP contribution is 2.37. The van der Waals surface area contributed by atoms with Crippen LogP contribution in [0.25, 0.3) is 0 Å². The van der Waals surface area contributed by atoms with E-state index in [0.717, 1.165) is 18.4 Å². The highest BCUT2D eigenvalue weighted by Gasteiger charge is 2.32. The molecule has 21 heavy (non-hydrogen) atoms. The van der Waals surface area contributed by atoms with Crippen LogP contribution in [-0.4, -0.2) is 13.3 Å². The molecule has 1 atom stereocenters. The first-order chi connectivity index (χ1) is 10.2. The molecule has 0 bridgehead atoms. The molecule has 4 heteroatoms. The first-order valence-corrected chi connectivity index (χ1v) is 7.29. The molecule has 0 aliphatic carbocycles. The van der Waals surface area contributed by atoms with Gasteiger partial charge in [-0.1, -0.05) is 36.4 Å². The first-order valence-electron chi connectivity index (χ1n) is 7.29. The number of hydrogen-bond donors (Lipinski definition) is 1. The summed E-state index contributed by atoms with van der Waals surface area (Å²) in [7, 11) is 0. The van der Waals surface area contributed by atoms with Crippen LogP contribution in [0.5, 0.6) is 5.75 Å². The Balaban J connectivity index is 1.57. The van der Waals surface area contributed by atoms with Crippen LogP contribution in [0.1, 0.15) is 17.5 Å². The third-order valence-electron chi connectivity index (χ3n) is 3.76. The maximum atomic E-state index is 12.7. The zero-order valence-electron chi connectivity index (χ0n) is 12.2. The van der Waals surface area contributed by atoms with Gasteiger partial charge in [-0.25, -0.2) is 4.76 Å². The SMILES string of the molecule is Cc1ccc2c(c1)OC[N+]2([O-])NCCCc1ccccc1. The van der Waals surface area contributed by atoms with Crippen LogP contribution in [0.2, 0.25) is 0 Å². The van der Waals surface area contributed by atoms with Gasteiger partial charge in [-0.15, -0.1) is 0 Å². The number of fused-ring (bicyclic) bond motifs is 1. The molecule has 1 heterocycles. The van der Waals surface area contributed by atoms with Gasteiger partial charge in [-0.3, -0.25) is 0 Å². The molecule has 0 saturated heterocycles. The third kappa shape index (κ3) is 3.08. The van der Waals surface area contributed by atoms with Crippen LogP contribution >= 0.6 is 0 Å². The number of quaternary nitrogens is 1. The van der Waals surface area contributed by atoms with Gasteiger partial charge in [0.15, 0.2) is 11.4 Å². The summed E-state index contributed by atoms with van der Waals surface area (Å²) in [5, 5.41) is 12.7. The lowest BCUT2D eigenvalue weighted by Gasteiger charge is -2.35. The fourth-order valence-electron chi connectivity index (χ4n) is 2.59. The minimum Gasteiger partial charge on any atom is -0.604 e. The van der Waals surface area contributed by atoms with E-state index >= 15 is 0 Å². The van der Waals surface area contributed by atoms with Crippen molar-refractivity contribution in [1.29, 1.82) is 0 Å². The molecule has 1 unspecified atom stereocenters. The second-order valence-electron chi connectivity index (χ2n) is 5.48. The lowest BCUT2D eigenvalue weighted by molar-refractivity contribution is 0.170. The minimum atomic E-state index is -0.593. The molecule has 110 valence electrons. The Morgan fingerprint density at radius 2 is 2.00 bits per heavy atom. The largest absolute Gasteiger partial charge is 0.604 e. The molecular weight excluding hydrogens is 264 g/mol. The minimum absolute atomic E-state index is 0.101. The third-order valence-corrected chi connectivity index (χ3v) is 3.76. The summed E-state index contributed by atoms with van der Waals surface area (Å²) < 4.78 is 4.91. The summed E-state index contributed by atoms with van der Waals surface area (Å²) in [6.07, 6.45) is 1.89. The van der Waals surface area contributed by atoms with Gasteiger partial charge in [0.1, 0.15) is 0 Å². The molecule has 0 fully saturated rings. The Morgan fingerprint density at radius 1 is 1.19 bits per heavy atom. The molecule has 0 aromatic heterocycles. The van der Waals surface area contributed by atoms with E-state index in [9.17, 15) is 5.21 Å². The van der Waals surface area contributed by atoms with Gasteiger partial charge >= 0.3 is 0 Å². The first kappa shape index (κ1) is 14.1. The van der Waals surface area contributed by atoms with Gasteiger partial charge < -0.3 is 9.94 Å². The Morgan fingerprint density at radius 3 is 2.81 bits per heavy atom. The summed E-state index contributed by atoms with van der Waals surface area (Å²) in [6, 6.07) is 16.0. The smallest absolute Gasteiger partial charge is 0.246 e. The zero-order valence-corrected chi connectivity index (χ0v) is 12.2. The Bertz CT molecular complexity index is 615. The van der Waals surface area contributed by atoms with E-state index in [2.05, 4.69) is 17.6 Å². The van der Waals surface area contributed by atoms with Crippen molar-refractivity contribution in [2.45, 2.75) is 19.8 Å². The Kier molecular flexibility index (Phi) is 3.92. The van der Waals surface area contributed by atoms with Crippen molar-refractivity contribution in [2.75, 3.05) is 13.3 Å². The summed E-state index contributed by atoms with van der Waals surface area (Å²) >= 11 is 0. The molecule has 0 radical (unpaired) electrons. The molecule has 4 nitrogen and oxygen atoms in total. The van der Waals surface area contributed by atoms with E-state index in [0.29, 0.717) is 18.0 Å². The predicted molar refractivity (Wildman–Crippen MR) is 84.6 cm³/mol. The number of hydroxylamine groups is 1. The van der Waals surface area contributed by atoms with E-state index in [1.807, 2.05) is 43.3 Å². The number of benzene rings is 2. The van der Waals surface area contributed by atoms with Crippen LogP contribution in [-0.2, 0) is 6.42 Å². The van der Waals surface area contributed by atoms with Gasteiger partial charge in [0.2, 0.25) is 6.73 Å². The average molecular weight is 284 g/mol. The number of nitrogens with one attached hydrogen (secondary N) is 1. The average Bonchev–Trinajstić information content (AvgIpc) is 2.82. The molecule has 1 N–H and O–H groups in total. The molecule has 1 aliphatic rings. The van der Waals surface area contributed by atoms with Crippen molar-refractivity contribution in [1.82, 2.24) is 10.2 Å². The lowest BCUT2D eigenvalue weighted by Crippen LogP contribution is -2.54. The second kappa shape index (κ2) is 5.85. The van der Waals surface area contributed by atoms with Crippen LogP contribution < -0.4 is 14.9 Å². The molecule has 0 amide bonds. The fourth-order valence-corrected chi connectivity index (χ4v) is 2.59. The molecular formula is C17H20N2O2. The van der Waals surface area contributed by atoms with Crippen molar-refractivity contribution in [2.24, 2.45) is 0 Å². The highest BCUT2D eigenvalue weighted by atomic mass is 16.7. The maximum Gasteiger partial charge on any atom is 0.246 e. The van der Waals surface area contributed by atoms with E-state index < -0.39 is 4.76 Å². The van der Waals surface area contributed by atoms with Crippen molar-refractivity contribution >= 4 is 5.69 Å². The standard InChI is InChI=1S/C17H20N2O2/c1-14-9-10-16-17(12-14)21-13-19(16,20)18-11-5-8-15-6-3-2-4-7-15/h2-4,6-7,9-10,12,18H,5,8,11,13H2,1H3. The highest BCUT2D eigenvalue weighted by molar-refractivity contribution is 5.59. The number of hydrogen-bond acceptors (Lipinski definition) is 3. The lowest BCUT2D eigenvalue weighted by atomic mass is 10.1. The molecule has 2 aromatic carbocycles. The molecule has 0 saturated carbocycles. The Labute approximate surface area is 125 Å². The quantitative estimate of drug-likeness (QED) is 0.520. The summed E-state index contributed by atoms with van der Waals surface area (Å²) in [5.74, 6) is 0.695. The summed E-state index contributed by atoms with van der Waals surface area (Å²) in [4.78, 5) is 0. The number of aryl methyl sites for hydroxylation is 2. The van der Waals surface area contributed by atoms with E-state index in [4.69, 9.17) is 4.74 Å². The van der Waals surface area contributed by atoms with Crippen LogP contribution in [0.4, 0.5) is 5.69 Å². The van der Waals surface area contributed by atoms with Crippen LogP contribution in [0, 0.1) is 12.1 Å². The van der Waals surface area contributed by atoms with Gasteiger partial charge in [0, 0.05) is 12.6 Å². The molecule has 2 aromatic rings. The summed E-state index contributed by atoms with van der Waals surface area (Å²) in [5.41, 5.74) is 6.13. The van der Waals surface area contributed by atoms with Crippen molar-refractivity contribution < 1.29 is 4.74 Å². The summed E-state index contributed by atoms with van der Waals surface area (Å²) in [6.45, 7) is 2.76. The van der Waals surface area contributed by atoms with Gasteiger partial charge in [-0.05, 0) is 37.0 Å². The Hall–Kier alpha value is -1.88. The van der Waals surface area contributed by atoms with E-state index in [1.165, 1.54) is 5.56 Å². The van der Waals surface area contributed by atoms with Gasteiger partial charge in [0.25, 0.3) is 0 Å². The normalized spacial score (nSPS) is 20.1. The predicted octanol–water partition coefficient (Wildman–Crippen LogP) is 3.29. The zero-order chi connectivity index (χ0) is 14.7. The van der Waals surface area contributed by atoms with Crippen LogP contribution in [0.3, 0.4) is 0 Å². The van der Waals surface area contributed by atoms with Crippen LogP contribution in [0.15, 0.2) is 48.5 Å². The van der Waals surface area contributed by atoms with E-state index in [-0.39, 0.29) is 6.73 Å². The topological polar surface area (TPSA) is 44.3 Å². The van der Waals surface area contributed by atoms with E-state index in [1.54, 1.807) is 0 Å². The number of ether oxygens (including phenoxy) is 1. The molecule has 0 spiro atoms. The monoisotopic (exact) mass is 284 g/mol. The maximum absolute atomic E-state index is 12.7. The number of nitrogens with zero attached hydrogens (tertiary/aromatic N) is 1. The fraction of sp³-hybridized carbons (Fsp3) is 0.294.